The van der Waals surface area contributed by atoms with Crippen molar-refractivity contribution in [1.29, 1.82) is 0 Å². The first-order valence-corrected chi connectivity index (χ1v) is 7.68. The van der Waals surface area contributed by atoms with Crippen molar-refractivity contribution >= 4 is 20.5 Å². The average Bonchev–Trinajstić information content (AvgIpc) is 2.86. The molecule has 3 aromatic rings. The third kappa shape index (κ3) is 3.18. The summed E-state index contributed by atoms with van der Waals surface area (Å²) in [6.07, 6.45) is 1.75. The summed E-state index contributed by atoms with van der Waals surface area (Å²) >= 11 is 1.61. The van der Waals surface area contributed by atoms with Crippen LogP contribution in [0.3, 0.4) is 0 Å². The number of pyridine rings is 1. The Kier molecular flexibility index (Phi) is 6.03. The first-order valence-electron chi connectivity index (χ1n) is 4.86. The molecule has 0 aliphatic carbocycles. The van der Waals surface area contributed by atoms with Gasteiger partial charge in [-0.15, -0.1) is 0 Å². The summed E-state index contributed by atoms with van der Waals surface area (Å²) < 4.78 is 0. The second kappa shape index (κ2) is 7.30. The number of aromatic nitrogens is 3. The summed E-state index contributed by atoms with van der Waals surface area (Å²) in [4.78, 5) is 13.0. The predicted octanol–water partition coefficient (Wildman–Crippen LogP) is 3.39. The fourth-order valence-corrected chi connectivity index (χ4v) is 1.52. The summed E-state index contributed by atoms with van der Waals surface area (Å²) in [5, 5.41) is 0. The molecule has 3 nitrogen and oxygen atoms in total. The minimum Gasteiger partial charge on any atom is -0.434 e. The number of para-hydroxylation sites is 2. The number of imidazole rings is 1. The van der Waals surface area contributed by atoms with E-state index in [0.29, 0.717) is 5.82 Å². The molecule has 18 heavy (non-hydrogen) atoms. The van der Waals surface area contributed by atoms with Crippen LogP contribution < -0.4 is 4.98 Å². The van der Waals surface area contributed by atoms with Gasteiger partial charge in [-0.1, -0.05) is 30.3 Å². The van der Waals surface area contributed by atoms with Gasteiger partial charge in [0.2, 0.25) is 0 Å². The molecule has 0 unspecified atom stereocenters. The Hall–Kier alpha value is -1.18. The summed E-state index contributed by atoms with van der Waals surface area (Å²) in [6.45, 7) is 0. The number of nitrogens with zero attached hydrogens (tertiary/aromatic N) is 3. The number of hydrogen-bond acceptors (Lipinski definition) is 2. The molecule has 0 aliphatic rings. The standard InChI is InChI=1S/C12H8N3.CH3.ClH.Pt/c1-2-6-10-9(5-1)14-12(15-10)11-7-3-4-8-13-11;;;/h1-8H;1H3;1H;/q2*-1;;+1/p-1. The van der Waals surface area contributed by atoms with Crippen molar-refractivity contribution in [3.63, 3.8) is 0 Å². The third-order valence-corrected chi connectivity index (χ3v) is 2.23. The van der Waals surface area contributed by atoms with Crippen molar-refractivity contribution in [1.82, 2.24) is 15.0 Å². The summed E-state index contributed by atoms with van der Waals surface area (Å²) in [6, 6.07) is 13.5. The average molecular weight is 440 g/mol. The molecule has 5 heteroatoms. The van der Waals surface area contributed by atoms with Crippen molar-refractivity contribution in [3.8, 4) is 11.5 Å². The van der Waals surface area contributed by atoms with Crippen molar-refractivity contribution in [2.24, 2.45) is 0 Å². The molecule has 0 saturated heterocycles. The molecule has 0 atom stereocenters. The van der Waals surface area contributed by atoms with Gasteiger partial charge < -0.3 is 17.4 Å². The Bertz CT molecular complexity index is 562. The molecule has 0 spiro atoms. The maximum Gasteiger partial charge on any atom is 0.0620 e. The molecule has 2 heterocycles. The number of fused-ring (bicyclic) bond motifs is 1. The van der Waals surface area contributed by atoms with Crippen LogP contribution >= 0.6 is 9.42 Å². The van der Waals surface area contributed by atoms with Crippen molar-refractivity contribution in [2.45, 2.75) is 0 Å². The summed E-state index contributed by atoms with van der Waals surface area (Å²) in [5.74, 6) is 0.691. The fourth-order valence-electron chi connectivity index (χ4n) is 1.52. The van der Waals surface area contributed by atoms with Crippen LogP contribution in [0, 0.1) is 7.43 Å². The molecule has 0 aliphatic heterocycles. The van der Waals surface area contributed by atoms with E-state index in [-0.39, 0.29) is 7.43 Å². The van der Waals surface area contributed by atoms with Gasteiger partial charge in [0.05, 0.1) is 5.69 Å². The van der Waals surface area contributed by atoms with Gasteiger partial charge >= 0.3 is 28.2 Å². The second-order valence-corrected chi connectivity index (χ2v) is 3.25. The molecule has 0 radical (unpaired) electrons. The minimum atomic E-state index is 0. The van der Waals surface area contributed by atoms with E-state index in [4.69, 9.17) is 0 Å². The van der Waals surface area contributed by atoms with E-state index < -0.39 is 0 Å². The summed E-state index contributed by atoms with van der Waals surface area (Å²) in [7, 11) is 4.61. The topological polar surface area (TPSA) is 39.9 Å². The minimum absolute atomic E-state index is 0. The maximum absolute atomic E-state index is 4.61. The smallest absolute Gasteiger partial charge is 0.0620 e. The number of halogens is 1. The van der Waals surface area contributed by atoms with Gasteiger partial charge in [0, 0.05) is 6.20 Å². The van der Waals surface area contributed by atoms with Gasteiger partial charge in [0.25, 0.3) is 0 Å². The maximum atomic E-state index is 4.61. The second-order valence-electron chi connectivity index (χ2n) is 3.25. The molecule has 0 fully saturated rings. The summed E-state index contributed by atoms with van der Waals surface area (Å²) in [5.41, 5.74) is 2.64. The van der Waals surface area contributed by atoms with E-state index in [2.05, 4.69) is 24.4 Å². The van der Waals surface area contributed by atoms with E-state index >= 15 is 0 Å². The van der Waals surface area contributed by atoms with Gasteiger partial charge in [0.1, 0.15) is 0 Å². The molecule has 97 valence electrons. The van der Waals surface area contributed by atoms with E-state index in [9.17, 15) is 0 Å². The first kappa shape index (κ1) is 14.9. The van der Waals surface area contributed by atoms with Crippen molar-refractivity contribution in [2.75, 3.05) is 0 Å². The molecule has 1 aromatic carbocycles. The molecular weight excluding hydrogens is 429 g/mol. The van der Waals surface area contributed by atoms with Crippen LogP contribution in [-0.4, -0.2) is 9.97 Å². The van der Waals surface area contributed by atoms with Gasteiger partial charge in [0.15, 0.2) is 0 Å². The molecule has 0 saturated carbocycles. The van der Waals surface area contributed by atoms with Crippen molar-refractivity contribution in [3.05, 3.63) is 56.1 Å². The number of rotatable bonds is 1. The largest absolute Gasteiger partial charge is 0.434 e. The Morgan fingerprint density at radius 2 is 1.72 bits per heavy atom. The van der Waals surface area contributed by atoms with E-state index in [0.717, 1.165) is 16.7 Å². The molecular formula is C13H11ClN3Pt-2. The van der Waals surface area contributed by atoms with Crippen LogP contribution in [0.15, 0.2) is 48.7 Å². The number of hydrogen-bond donors (Lipinski definition) is 0. The van der Waals surface area contributed by atoms with Crippen LogP contribution in [0.25, 0.3) is 22.6 Å². The Morgan fingerprint density at radius 1 is 1.00 bits per heavy atom. The van der Waals surface area contributed by atoms with Crippen LogP contribution in [-0.2, 0) is 18.8 Å². The third-order valence-electron chi connectivity index (χ3n) is 2.23. The Balaban J connectivity index is 0.000000516. The van der Waals surface area contributed by atoms with Gasteiger partial charge in [-0.05, 0) is 29.0 Å². The van der Waals surface area contributed by atoms with Crippen LogP contribution in [0.4, 0.5) is 0 Å². The molecule has 3 rings (SSSR count). The van der Waals surface area contributed by atoms with E-state index in [1.54, 1.807) is 25.0 Å². The molecule has 2 aromatic heterocycles. The van der Waals surface area contributed by atoms with Crippen LogP contribution in [0.5, 0.6) is 0 Å². The monoisotopic (exact) mass is 439 g/mol. The number of benzene rings is 1. The van der Waals surface area contributed by atoms with Crippen LogP contribution in [0.1, 0.15) is 0 Å². The Labute approximate surface area is 121 Å². The van der Waals surface area contributed by atoms with E-state index in [1.165, 1.54) is 0 Å². The first-order chi connectivity index (χ1) is 8.43. The predicted molar refractivity (Wildman–Crippen MR) is 70.6 cm³/mol. The Morgan fingerprint density at radius 3 is 2.39 bits per heavy atom. The van der Waals surface area contributed by atoms with Gasteiger partial charge in [-0.2, -0.15) is 0 Å². The molecule has 0 bridgehead atoms. The zero-order valence-corrected chi connectivity index (χ0v) is 12.7. The van der Waals surface area contributed by atoms with Crippen LogP contribution in [0.2, 0.25) is 0 Å². The normalized spacial score (nSPS) is 9.28. The van der Waals surface area contributed by atoms with E-state index in [1.807, 2.05) is 42.5 Å². The quantitative estimate of drug-likeness (QED) is 0.546. The van der Waals surface area contributed by atoms with Crippen molar-refractivity contribution < 1.29 is 18.8 Å². The fraction of sp³-hybridized carbons (Fsp3) is 0. The molecule has 0 amide bonds. The zero-order valence-electron chi connectivity index (χ0n) is 9.65. The molecule has 0 N–H and O–H groups in total. The van der Waals surface area contributed by atoms with Gasteiger partial charge in [-0.25, -0.2) is 0 Å². The van der Waals surface area contributed by atoms with Gasteiger partial charge in [-0.3, -0.25) is 4.98 Å². The zero-order chi connectivity index (χ0) is 12.1. The SMILES string of the molecule is [CH3-].[Cl][Pt].c1ccc(-c2nc3ccccc3[n-]2)nc1.